The Morgan fingerprint density at radius 2 is 1.23 bits per heavy atom. The normalized spacial score (nSPS) is 6.92. The quantitative estimate of drug-likeness (QED) is 0.206. The summed E-state index contributed by atoms with van der Waals surface area (Å²) in [4.78, 5) is 18.2. The Hall–Kier alpha value is -0.588. The van der Waals surface area contributed by atoms with Crippen LogP contribution in [-0.4, -0.2) is 67.6 Å². The van der Waals surface area contributed by atoms with Crippen LogP contribution in [0.3, 0.4) is 0 Å². The average Bonchev–Trinajstić information content (AvgIpc) is 1.87. The van der Waals surface area contributed by atoms with E-state index in [0.29, 0.717) is 0 Å². The molecular formula is C3H7BFLiO7. The molecule has 0 radical (unpaired) electrons. The van der Waals surface area contributed by atoms with Gasteiger partial charge in [0.1, 0.15) is 0 Å². The molecule has 0 unspecified atom stereocenters. The molecule has 5 N–H and O–H groups in total. The molecule has 0 saturated heterocycles. The Kier molecular flexibility index (Phi) is 19.6. The Bertz CT molecular complexity index is 127. The van der Waals surface area contributed by atoms with Crippen molar-refractivity contribution in [2.24, 2.45) is 0 Å². The molecule has 0 spiro atoms. The summed E-state index contributed by atoms with van der Waals surface area (Å²) in [5, 5.41) is 36.0. The molecule has 0 rings (SSSR count). The van der Waals surface area contributed by atoms with Gasteiger partial charge >= 0.3 is 46.7 Å². The van der Waals surface area contributed by atoms with Gasteiger partial charge in [0.05, 0.1) is 0 Å². The minimum atomic E-state index is -2.17. The van der Waals surface area contributed by atoms with Crippen LogP contribution in [0.2, 0.25) is 0 Å². The third-order valence-electron chi connectivity index (χ3n) is 0.183. The van der Waals surface area contributed by atoms with E-state index in [1.54, 1.807) is 0 Å². The molecule has 0 aromatic carbocycles. The zero-order valence-electron chi connectivity index (χ0n) is 6.71. The third-order valence-corrected chi connectivity index (χ3v) is 0.183. The van der Waals surface area contributed by atoms with Gasteiger partial charge in [-0.3, -0.25) is 0 Å². The topological polar surface area (TPSA) is 135 Å². The van der Waals surface area contributed by atoms with Gasteiger partial charge in [-0.1, -0.05) is 0 Å². The van der Waals surface area contributed by atoms with Gasteiger partial charge in [0.15, 0.2) is 0 Å². The maximum atomic E-state index is 10.3. The van der Waals surface area contributed by atoms with Crippen molar-refractivity contribution in [3.05, 3.63) is 0 Å². The number of carbonyl (C=O) groups is 2. The molecular weight excluding hydrogens is 185 g/mol. The number of halogens is 1. The first kappa shape index (κ1) is 18.2. The van der Waals surface area contributed by atoms with E-state index >= 15 is 0 Å². The van der Waals surface area contributed by atoms with Gasteiger partial charge < -0.3 is 25.3 Å². The summed E-state index contributed by atoms with van der Waals surface area (Å²) in [6, 6.07) is 0. The Morgan fingerprint density at radius 3 is 1.23 bits per heavy atom. The van der Waals surface area contributed by atoms with Gasteiger partial charge in [-0.05, 0) is 0 Å². The molecule has 0 bridgehead atoms. The van der Waals surface area contributed by atoms with Crippen LogP contribution in [-0.2, 0) is 9.59 Å². The fraction of sp³-hybridized carbons (Fsp3) is 0.333. The van der Waals surface area contributed by atoms with Crippen LogP contribution in [0, 0.1) is 0 Å². The Balaban J connectivity index is -0.000000125. The fourth-order valence-corrected chi connectivity index (χ4v) is 0. The standard InChI is InChI=1S/C2H2O4.CH2F.BH3O3.Li/c3-1(4)2(5)6;1-2;2-1(3)4;/h(H,3,4)(H,5,6);1H2;2-4H;. The summed E-state index contributed by atoms with van der Waals surface area (Å²) in [7, 11) is -2.17. The first-order chi connectivity index (χ1) is 5.79. The molecule has 0 atom stereocenters. The summed E-state index contributed by atoms with van der Waals surface area (Å²) < 4.78 is 10.3. The van der Waals surface area contributed by atoms with E-state index in [1.165, 1.54) is 17.7 Å². The van der Waals surface area contributed by atoms with Crippen LogP contribution >= 0.6 is 0 Å². The van der Waals surface area contributed by atoms with E-state index in [4.69, 9.17) is 34.9 Å². The predicted octanol–water partition coefficient (Wildman–Crippen LogP) is -2.81. The first-order valence-electron chi connectivity index (χ1n) is 2.85. The average molecular weight is 192 g/mol. The summed E-state index contributed by atoms with van der Waals surface area (Å²) in [6.07, 6.45) is 0. The van der Waals surface area contributed by atoms with E-state index in [2.05, 4.69) is 0 Å². The van der Waals surface area contributed by atoms with Crippen molar-refractivity contribution in [1.82, 2.24) is 0 Å². The van der Waals surface area contributed by atoms with Gasteiger partial charge in [0, 0.05) is 0 Å². The third kappa shape index (κ3) is 86.8. The molecule has 0 fully saturated rings. The molecule has 10 heteroatoms. The second kappa shape index (κ2) is 14.0. The summed E-state index contributed by atoms with van der Waals surface area (Å²) in [5.74, 6) is -3.65. The van der Waals surface area contributed by atoms with Crippen molar-refractivity contribution < 1.29 is 39.3 Å². The van der Waals surface area contributed by atoms with Crippen LogP contribution in [0.4, 0.5) is 4.39 Å². The molecule has 0 aromatic heterocycles. The molecule has 13 heavy (non-hydrogen) atoms. The monoisotopic (exact) mass is 192 g/mol. The molecule has 0 aliphatic heterocycles. The molecule has 0 amide bonds. The molecule has 0 aliphatic rings. The van der Waals surface area contributed by atoms with Gasteiger partial charge in [-0.2, -0.15) is 0 Å². The number of alkyl halides is 1. The van der Waals surface area contributed by atoms with E-state index in [9.17, 15) is 4.39 Å². The van der Waals surface area contributed by atoms with Crippen molar-refractivity contribution in [2.75, 3.05) is 5.35 Å². The molecule has 0 aliphatic carbocycles. The van der Waals surface area contributed by atoms with E-state index < -0.39 is 19.3 Å². The van der Waals surface area contributed by atoms with Gasteiger partial charge in [-0.15, -0.1) is 0 Å². The van der Waals surface area contributed by atoms with Crippen LogP contribution in [0.1, 0.15) is 0 Å². The maximum absolute atomic E-state index is 10.3. The van der Waals surface area contributed by atoms with Crippen molar-refractivity contribution in [2.45, 2.75) is 0 Å². The SMILES string of the molecule is O=C(O)C(=O)O.OB(O)O.[Li][CH2]F. The van der Waals surface area contributed by atoms with E-state index in [-0.39, 0.29) is 5.35 Å². The molecule has 0 aromatic rings. The molecule has 0 saturated carbocycles. The number of aliphatic carboxylic acids is 2. The number of hydrogen-bond donors (Lipinski definition) is 5. The Morgan fingerprint density at radius 1 is 1.15 bits per heavy atom. The van der Waals surface area contributed by atoms with E-state index in [0.717, 1.165) is 0 Å². The summed E-state index contributed by atoms with van der Waals surface area (Å²) in [5.41, 5.74) is 0. The summed E-state index contributed by atoms with van der Waals surface area (Å²) in [6.45, 7) is 0. The second-order valence-corrected chi connectivity index (χ2v) is 1.22. The fourth-order valence-electron chi connectivity index (χ4n) is 0. The van der Waals surface area contributed by atoms with Gasteiger partial charge in [0.25, 0.3) is 0 Å². The van der Waals surface area contributed by atoms with Crippen molar-refractivity contribution in [3.8, 4) is 0 Å². The van der Waals surface area contributed by atoms with Crippen molar-refractivity contribution in [1.29, 1.82) is 0 Å². The van der Waals surface area contributed by atoms with Crippen molar-refractivity contribution >= 4 is 37.0 Å². The van der Waals surface area contributed by atoms with E-state index in [1.807, 2.05) is 0 Å². The first-order valence-corrected chi connectivity index (χ1v) is 2.85. The van der Waals surface area contributed by atoms with Gasteiger partial charge in [-0.25, -0.2) is 9.59 Å². The predicted molar refractivity (Wildman–Crippen MR) is 39.4 cm³/mol. The number of hydrogen-bond acceptors (Lipinski definition) is 5. The molecule has 72 valence electrons. The zero-order valence-corrected chi connectivity index (χ0v) is 6.71. The van der Waals surface area contributed by atoms with Crippen LogP contribution in [0.25, 0.3) is 0 Å². The van der Waals surface area contributed by atoms with Crippen molar-refractivity contribution in [3.63, 3.8) is 0 Å². The molecule has 0 heterocycles. The number of carboxylic acids is 2. The molecule has 7 nitrogen and oxygen atoms in total. The van der Waals surface area contributed by atoms with Crippen LogP contribution in [0.5, 0.6) is 0 Å². The second-order valence-electron chi connectivity index (χ2n) is 1.22. The van der Waals surface area contributed by atoms with Crippen LogP contribution < -0.4 is 0 Å². The van der Waals surface area contributed by atoms with Crippen LogP contribution in [0.15, 0.2) is 0 Å². The van der Waals surface area contributed by atoms with Gasteiger partial charge in [0.2, 0.25) is 0 Å². The minimum absolute atomic E-state index is 0.250. The zero-order chi connectivity index (χ0) is 11.4. The Labute approximate surface area is 82.2 Å². The summed E-state index contributed by atoms with van der Waals surface area (Å²) >= 11 is 1.46. The number of carboxylic acid groups (broad SMARTS) is 2. The number of rotatable bonds is 0.